The second-order valence-corrected chi connectivity index (χ2v) is 4.63. The van der Waals surface area contributed by atoms with Gasteiger partial charge in [0.2, 0.25) is 0 Å². The average molecular weight is 266 g/mol. The molecule has 0 bridgehead atoms. The van der Waals surface area contributed by atoms with Gasteiger partial charge in [0.1, 0.15) is 17.8 Å². The van der Waals surface area contributed by atoms with Crippen LogP contribution in [0.5, 0.6) is 5.75 Å². The number of para-hydroxylation sites is 1. The lowest BCUT2D eigenvalue weighted by molar-refractivity contribution is -0.108. The standard InChI is InChI=1S/C17H14O3/c18-10-14-13-8-4-5-9-16(13)20-17(15(14)11-19)12-6-2-1-3-7-12/h1-10,14,19H,11H2. The summed E-state index contributed by atoms with van der Waals surface area (Å²) in [4.78, 5) is 11.5. The van der Waals surface area contributed by atoms with Crippen LogP contribution in [0.25, 0.3) is 5.76 Å². The van der Waals surface area contributed by atoms with E-state index in [2.05, 4.69) is 0 Å². The van der Waals surface area contributed by atoms with Gasteiger partial charge >= 0.3 is 0 Å². The maximum absolute atomic E-state index is 11.5. The maximum atomic E-state index is 11.5. The second kappa shape index (κ2) is 5.31. The number of hydrogen-bond acceptors (Lipinski definition) is 3. The first-order valence-corrected chi connectivity index (χ1v) is 6.46. The summed E-state index contributed by atoms with van der Waals surface area (Å²) in [5, 5.41) is 9.65. The Labute approximate surface area is 117 Å². The first-order chi connectivity index (χ1) is 9.85. The van der Waals surface area contributed by atoms with Gasteiger partial charge in [-0.1, -0.05) is 48.5 Å². The van der Waals surface area contributed by atoms with Gasteiger partial charge in [0.05, 0.1) is 12.5 Å². The highest BCUT2D eigenvalue weighted by Gasteiger charge is 2.29. The summed E-state index contributed by atoms with van der Waals surface area (Å²) in [5.74, 6) is 0.782. The third-order valence-electron chi connectivity index (χ3n) is 3.48. The summed E-state index contributed by atoms with van der Waals surface area (Å²) in [5.41, 5.74) is 2.26. The molecule has 1 unspecified atom stereocenters. The van der Waals surface area contributed by atoms with Crippen LogP contribution < -0.4 is 4.74 Å². The molecule has 2 aromatic carbocycles. The zero-order valence-corrected chi connectivity index (χ0v) is 10.8. The zero-order chi connectivity index (χ0) is 13.9. The zero-order valence-electron chi connectivity index (χ0n) is 10.8. The average Bonchev–Trinajstić information content (AvgIpc) is 2.53. The van der Waals surface area contributed by atoms with Crippen LogP contribution in [0.1, 0.15) is 17.0 Å². The highest BCUT2D eigenvalue weighted by atomic mass is 16.5. The van der Waals surface area contributed by atoms with Crippen molar-refractivity contribution in [1.29, 1.82) is 0 Å². The number of hydrogen-bond donors (Lipinski definition) is 1. The maximum Gasteiger partial charge on any atom is 0.137 e. The van der Waals surface area contributed by atoms with Crippen molar-refractivity contribution in [1.82, 2.24) is 0 Å². The Bertz CT molecular complexity index is 659. The number of aldehydes is 1. The van der Waals surface area contributed by atoms with Crippen molar-refractivity contribution < 1.29 is 14.6 Å². The molecule has 1 heterocycles. The quantitative estimate of drug-likeness (QED) is 0.869. The van der Waals surface area contributed by atoms with E-state index < -0.39 is 5.92 Å². The predicted octanol–water partition coefficient (Wildman–Crippen LogP) is 2.77. The van der Waals surface area contributed by atoms with Crippen LogP contribution in [0.2, 0.25) is 0 Å². The van der Waals surface area contributed by atoms with Gasteiger partial charge in [-0.2, -0.15) is 0 Å². The van der Waals surface area contributed by atoms with Crippen molar-refractivity contribution in [2.24, 2.45) is 0 Å². The van der Waals surface area contributed by atoms with Gasteiger partial charge in [-0.3, -0.25) is 0 Å². The lowest BCUT2D eigenvalue weighted by Crippen LogP contribution is -2.18. The highest BCUT2D eigenvalue weighted by molar-refractivity contribution is 5.80. The van der Waals surface area contributed by atoms with E-state index >= 15 is 0 Å². The smallest absolute Gasteiger partial charge is 0.137 e. The van der Waals surface area contributed by atoms with Crippen molar-refractivity contribution in [2.75, 3.05) is 6.61 Å². The minimum atomic E-state index is -0.458. The molecular weight excluding hydrogens is 252 g/mol. The normalized spacial score (nSPS) is 17.4. The number of ether oxygens (including phenoxy) is 1. The Balaban J connectivity index is 2.17. The number of rotatable bonds is 3. The number of fused-ring (bicyclic) bond motifs is 1. The lowest BCUT2D eigenvalue weighted by Gasteiger charge is -2.27. The summed E-state index contributed by atoms with van der Waals surface area (Å²) < 4.78 is 5.91. The van der Waals surface area contributed by atoms with Crippen molar-refractivity contribution in [3.8, 4) is 5.75 Å². The van der Waals surface area contributed by atoms with E-state index in [-0.39, 0.29) is 6.61 Å². The van der Waals surface area contributed by atoms with Crippen molar-refractivity contribution in [3.05, 3.63) is 71.3 Å². The fourth-order valence-corrected chi connectivity index (χ4v) is 2.49. The van der Waals surface area contributed by atoms with E-state index in [1.54, 1.807) is 0 Å². The molecule has 0 radical (unpaired) electrons. The molecule has 1 N–H and O–H groups in total. The summed E-state index contributed by atoms with van der Waals surface area (Å²) in [6.45, 7) is -0.206. The number of aliphatic hydroxyl groups excluding tert-OH is 1. The molecule has 0 aliphatic carbocycles. The van der Waals surface area contributed by atoms with Crippen LogP contribution in [0.3, 0.4) is 0 Å². The van der Waals surface area contributed by atoms with Crippen molar-refractivity contribution >= 4 is 12.0 Å². The molecule has 1 atom stereocenters. The summed E-state index contributed by atoms with van der Waals surface area (Å²) in [7, 11) is 0. The van der Waals surface area contributed by atoms with Crippen LogP contribution in [-0.4, -0.2) is 18.0 Å². The first kappa shape index (κ1) is 12.6. The lowest BCUT2D eigenvalue weighted by atomic mass is 9.87. The molecule has 20 heavy (non-hydrogen) atoms. The van der Waals surface area contributed by atoms with Crippen LogP contribution in [-0.2, 0) is 4.79 Å². The fraction of sp³-hybridized carbons (Fsp3) is 0.118. The van der Waals surface area contributed by atoms with Gasteiger partial charge < -0.3 is 14.6 Å². The third kappa shape index (κ3) is 2.02. The molecule has 3 heteroatoms. The monoisotopic (exact) mass is 266 g/mol. The number of carbonyl (C=O) groups is 1. The summed E-state index contributed by atoms with van der Waals surface area (Å²) in [6.07, 6.45) is 0.857. The molecule has 3 nitrogen and oxygen atoms in total. The Morgan fingerprint density at radius 2 is 1.75 bits per heavy atom. The highest BCUT2D eigenvalue weighted by Crippen LogP contribution is 2.40. The first-order valence-electron chi connectivity index (χ1n) is 6.46. The molecule has 100 valence electrons. The molecule has 0 spiro atoms. The Morgan fingerprint density at radius 1 is 1.05 bits per heavy atom. The topological polar surface area (TPSA) is 46.5 Å². The minimum absolute atomic E-state index is 0.206. The predicted molar refractivity (Wildman–Crippen MR) is 76.3 cm³/mol. The minimum Gasteiger partial charge on any atom is -0.456 e. The molecule has 2 aromatic rings. The summed E-state index contributed by atoms with van der Waals surface area (Å²) >= 11 is 0. The molecule has 0 saturated carbocycles. The van der Waals surface area contributed by atoms with Gasteiger partial charge in [0, 0.05) is 16.7 Å². The Kier molecular flexibility index (Phi) is 3.35. The van der Waals surface area contributed by atoms with Crippen LogP contribution >= 0.6 is 0 Å². The molecule has 3 rings (SSSR count). The van der Waals surface area contributed by atoms with Gasteiger partial charge in [-0.15, -0.1) is 0 Å². The van der Waals surface area contributed by atoms with Gasteiger partial charge in [-0.05, 0) is 6.07 Å². The van der Waals surface area contributed by atoms with Crippen LogP contribution in [0.15, 0.2) is 60.2 Å². The van der Waals surface area contributed by atoms with E-state index in [0.29, 0.717) is 17.1 Å². The van der Waals surface area contributed by atoms with Crippen molar-refractivity contribution in [3.63, 3.8) is 0 Å². The Morgan fingerprint density at radius 3 is 2.45 bits per heavy atom. The van der Waals surface area contributed by atoms with Gasteiger partial charge in [0.15, 0.2) is 0 Å². The van der Waals surface area contributed by atoms with Crippen molar-refractivity contribution in [2.45, 2.75) is 5.92 Å². The number of aliphatic hydroxyl groups is 1. The molecule has 1 aliphatic heterocycles. The second-order valence-electron chi connectivity index (χ2n) is 4.63. The molecule has 0 aromatic heterocycles. The van der Waals surface area contributed by atoms with Crippen LogP contribution in [0.4, 0.5) is 0 Å². The fourth-order valence-electron chi connectivity index (χ4n) is 2.49. The molecule has 1 aliphatic rings. The molecule has 0 amide bonds. The molecule has 0 fully saturated rings. The largest absolute Gasteiger partial charge is 0.456 e. The van der Waals surface area contributed by atoms with Gasteiger partial charge in [-0.25, -0.2) is 0 Å². The van der Waals surface area contributed by atoms with E-state index in [4.69, 9.17) is 4.74 Å². The third-order valence-corrected chi connectivity index (χ3v) is 3.48. The number of carbonyl (C=O) groups excluding carboxylic acids is 1. The number of benzene rings is 2. The van der Waals surface area contributed by atoms with E-state index in [9.17, 15) is 9.90 Å². The Hall–Kier alpha value is -2.39. The molecular formula is C17H14O3. The van der Waals surface area contributed by atoms with E-state index in [1.807, 2.05) is 54.6 Å². The van der Waals surface area contributed by atoms with E-state index in [1.165, 1.54) is 0 Å². The van der Waals surface area contributed by atoms with E-state index in [0.717, 1.165) is 17.4 Å². The summed E-state index contributed by atoms with van der Waals surface area (Å²) in [6, 6.07) is 16.9. The van der Waals surface area contributed by atoms with Crippen LogP contribution in [0, 0.1) is 0 Å². The molecule has 0 saturated heterocycles. The van der Waals surface area contributed by atoms with Gasteiger partial charge in [0.25, 0.3) is 0 Å². The SMILES string of the molecule is O=CC1C(CO)=C(c2ccccc2)Oc2ccccc21.